The van der Waals surface area contributed by atoms with Crippen molar-refractivity contribution in [1.82, 2.24) is 25.4 Å². The molecule has 2 amide bonds. The molecule has 132 valence electrons. The van der Waals surface area contributed by atoms with Gasteiger partial charge in [0, 0.05) is 37.9 Å². The van der Waals surface area contributed by atoms with Crippen molar-refractivity contribution < 1.29 is 9.59 Å². The second kappa shape index (κ2) is 8.39. The maximum absolute atomic E-state index is 12.7. The Morgan fingerprint density at radius 1 is 1.40 bits per heavy atom. The number of aromatic nitrogens is 3. The van der Waals surface area contributed by atoms with Crippen LogP contribution in [0.2, 0.25) is 0 Å². The molecule has 1 saturated heterocycles. The van der Waals surface area contributed by atoms with Gasteiger partial charge in [-0.15, -0.1) is 10.2 Å². The quantitative estimate of drug-likeness (QED) is 0.738. The third kappa shape index (κ3) is 5.23. The summed E-state index contributed by atoms with van der Waals surface area (Å²) in [7, 11) is 0. The van der Waals surface area contributed by atoms with E-state index in [4.69, 9.17) is 0 Å². The Morgan fingerprint density at radius 2 is 2.20 bits per heavy atom. The van der Waals surface area contributed by atoms with Crippen molar-refractivity contribution in [2.45, 2.75) is 36.7 Å². The van der Waals surface area contributed by atoms with Gasteiger partial charge < -0.3 is 10.2 Å². The summed E-state index contributed by atoms with van der Waals surface area (Å²) in [6, 6.07) is 3.82. The maximum Gasteiger partial charge on any atom is 0.233 e. The normalized spacial score (nSPS) is 16.7. The van der Waals surface area contributed by atoms with Crippen LogP contribution in [0.3, 0.4) is 0 Å². The minimum Gasteiger partial charge on any atom is -0.352 e. The van der Waals surface area contributed by atoms with Crippen LogP contribution in [0.15, 0.2) is 28.9 Å². The molecule has 0 spiro atoms. The van der Waals surface area contributed by atoms with Gasteiger partial charge in [-0.25, -0.2) is 0 Å². The largest absolute Gasteiger partial charge is 0.352 e. The fourth-order valence-corrected chi connectivity index (χ4v) is 4.31. The lowest BCUT2D eigenvalue weighted by atomic mass is 10.2. The van der Waals surface area contributed by atoms with E-state index in [0.29, 0.717) is 25.3 Å². The van der Waals surface area contributed by atoms with Crippen molar-refractivity contribution >= 4 is 34.9 Å². The lowest BCUT2D eigenvalue weighted by molar-refractivity contribution is -0.129. The van der Waals surface area contributed by atoms with Crippen molar-refractivity contribution in [3.05, 3.63) is 35.1 Å². The molecule has 0 aromatic carbocycles. The second-order valence-corrected chi connectivity index (χ2v) is 8.21. The number of carbonyl (C=O) groups excluding carboxylic acids is 2. The number of pyridine rings is 1. The summed E-state index contributed by atoms with van der Waals surface area (Å²) in [6.07, 6.45) is 4.73. The molecule has 1 N–H and O–H groups in total. The van der Waals surface area contributed by atoms with Crippen molar-refractivity contribution in [3.8, 4) is 0 Å². The van der Waals surface area contributed by atoms with Crippen LogP contribution in [0.5, 0.6) is 0 Å². The predicted molar refractivity (Wildman–Crippen MR) is 96.2 cm³/mol. The number of aryl methyl sites for hydroxylation is 1. The number of rotatable bonds is 7. The van der Waals surface area contributed by atoms with Gasteiger partial charge in [-0.2, -0.15) is 0 Å². The highest BCUT2D eigenvalue weighted by molar-refractivity contribution is 8.01. The van der Waals surface area contributed by atoms with Crippen LogP contribution in [-0.2, 0) is 16.1 Å². The molecular weight excluding hydrogens is 358 g/mol. The summed E-state index contributed by atoms with van der Waals surface area (Å²) in [5.41, 5.74) is 1.02. The Hall–Kier alpha value is -2.00. The zero-order chi connectivity index (χ0) is 17.6. The van der Waals surface area contributed by atoms with Gasteiger partial charge in [0.15, 0.2) is 4.34 Å². The Kier molecular flexibility index (Phi) is 5.98. The molecule has 1 fully saturated rings. The van der Waals surface area contributed by atoms with Crippen LogP contribution < -0.4 is 5.32 Å². The first-order valence-corrected chi connectivity index (χ1v) is 9.79. The van der Waals surface area contributed by atoms with E-state index < -0.39 is 0 Å². The Bertz CT molecular complexity index is 737. The molecule has 1 atom stereocenters. The molecular formula is C16H19N5O2S2. The van der Waals surface area contributed by atoms with Crippen LogP contribution in [0.1, 0.15) is 23.4 Å². The monoisotopic (exact) mass is 377 g/mol. The lowest BCUT2D eigenvalue weighted by Crippen LogP contribution is -2.42. The molecule has 0 saturated carbocycles. The maximum atomic E-state index is 12.7. The summed E-state index contributed by atoms with van der Waals surface area (Å²) in [5, 5.41) is 11.8. The molecule has 25 heavy (non-hydrogen) atoms. The molecule has 0 aliphatic carbocycles. The zero-order valence-electron chi connectivity index (χ0n) is 13.8. The molecule has 3 heterocycles. The highest BCUT2D eigenvalue weighted by atomic mass is 32.2. The van der Waals surface area contributed by atoms with Crippen LogP contribution in [0.25, 0.3) is 0 Å². The van der Waals surface area contributed by atoms with Gasteiger partial charge in [0.05, 0.1) is 5.75 Å². The summed E-state index contributed by atoms with van der Waals surface area (Å²) in [6.45, 7) is 2.91. The van der Waals surface area contributed by atoms with Crippen LogP contribution in [-0.4, -0.2) is 50.2 Å². The fraction of sp³-hybridized carbons (Fsp3) is 0.438. The molecule has 3 rings (SSSR count). The van der Waals surface area contributed by atoms with Crippen LogP contribution in [0.4, 0.5) is 0 Å². The van der Waals surface area contributed by atoms with Gasteiger partial charge >= 0.3 is 0 Å². The highest BCUT2D eigenvalue weighted by Gasteiger charge is 2.25. The number of nitrogens with one attached hydrogen (secondary N) is 1. The van der Waals surface area contributed by atoms with E-state index in [-0.39, 0.29) is 17.9 Å². The lowest BCUT2D eigenvalue weighted by Gasteiger charge is -2.25. The minimum atomic E-state index is 0.0204. The summed E-state index contributed by atoms with van der Waals surface area (Å²) in [4.78, 5) is 30.0. The van der Waals surface area contributed by atoms with E-state index >= 15 is 0 Å². The zero-order valence-corrected chi connectivity index (χ0v) is 15.5. The average molecular weight is 377 g/mol. The van der Waals surface area contributed by atoms with Gasteiger partial charge in [0.1, 0.15) is 5.01 Å². The summed E-state index contributed by atoms with van der Waals surface area (Å²) >= 11 is 2.88. The number of nitrogens with zero attached hydrogens (tertiary/aromatic N) is 4. The van der Waals surface area contributed by atoms with E-state index in [0.717, 1.165) is 21.3 Å². The van der Waals surface area contributed by atoms with Crippen molar-refractivity contribution in [3.63, 3.8) is 0 Å². The Morgan fingerprint density at radius 3 is 2.84 bits per heavy atom. The van der Waals surface area contributed by atoms with E-state index in [1.807, 2.05) is 19.1 Å². The van der Waals surface area contributed by atoms with Gasteiger partial charge in [-0.1, -0.05) is 23.1 Å². The van der Waals surface area contributed by atoms with Crippen molar-refractivity contribution in [2.75, 3.05) is 12.3 Å². The molecule has 1 aliphatic heterocycles. The van der Waals surface area contributed by atoms with Crippen molar-refractivity contribution in [2.24, 2.45) is 0 Å². The number of amides is 2. The summed E-state index contributed by atoms with van der Waals surface area (Å²) < 4.78 is 0.795. The number of thioether (sulfide) groups is 1. The first-order valence-electron chi connectivity index (χ1n) is 7.99. The smallest absolute Gasteiger partial charge is 0.233 e. The molecule has 0 radical (unpaired) electrons. The average Bonchev–Trinajstić information content (AvgIpc) is 3.21. The SMILES string of the molecule is Cc1nnc(SCC(=O)N(Cc2ccncc2)C[C@@H]2CCC(=O)N2)s1. The van der Waals surface area contributed by atoms with E-state index in [2.05, 4.69) is 20.5 Å². The van der Waals surface area contributed by atoms with Crippen molar-refractivity contribution in [1.29, 1.82) is 0 Å². The predicted octanol–water partition coefficient (Wildman–Crippen LogP) is 1.64. The second-order valence-electron chi connectivity index (χ2n) is 5.81. The molecule has 7 nitrogen and oxygen atoms in total. The van der Waals surface area contributed by atoms with Gasteiger partial charge in [0.25, 0.3) is 0 Å². The summed E-state index contributed by atoms with van der Waals surface area (Å²) in [5.74, 6) is 0.385. The topological polar surface area (TPSA) is 88.1 Å². The highest BCUT2D eigenvalue weighted by Crippen LogP contribution is 2.22. The Labute approximate surface area is 154 Å². The van der Waals surface area contributed by atoms with E-state index in [1.165, 1.54) is 23.1 Å². The number of hydrogen-bond acceptors (Lipinski definition) is 7. The molecule has 2 aromatic rings. The third-order valence-corrected chi connectivity index (χ3v) is 5.78. The van der Waals surface area contributed by atoms with Gasteiger partial charge in [-0.3, -0.25) is 14.6 Å². The van der Waals surface area contributed by atoms with Crippen LogP contribution in [0, 0.1) is 6.92 Å². The molecule has 9 heteroatoms. The molecule has 0 unspecified atom stereocenters. The number of hydrogen-bond donors (Lipinski definition) is 1. The van der Waals surface area contributed by atoms with E-state index in [9.17, 15) is 9.59 Å². The van der Waals surface area contributed by atoms with Gasteiger partial charge in [0.2, 0.25) is 11.8 Å². The number of carbonyl (C=O) groups is 2. The van der Waals surface area contributed by atoms with Crippen LogP contribution >= 0.6 is 23.1 Å². The first kappa shape index (κ1) is 17.8. The first-order chi connectivity index (χ1) is 12.1. The Balaban J connectivity index is 1.63. The van der Waals surface area contributed by atoms with Gasteiger partial charge in [-0.05, 0) is 31.0 Å². The molecule has 1 aliphatic rings. The molecule has 0 bridgehead atoms. The molecule has 2 aromatic heterocycles. The third-order valence-electron chi connectivity index (χ3n) is 3.83. The standard InChI is InChI=1S/C16H19N5O2S2/c1-11-19-20-16(25-11)24-10-15(23)21(8-12-4-6-17-7-5-12)9-13-2-3-14(22)18-13/h4-7,13H,2-3,8-10H2,1H3,(H,18,22)/t13-/m0/s1. The van der Waals surface area contributed by atoms with E-state index in [1.54, 1.807) is 17.3 Å². The minimum absolute atomic E-state index is 0.0204. The fourth-order valence-electron chi connectivity index (χ4n) is 2.59.